The summed E-state index contributed by atoms with van der Waals surface area (Å²) in [4.78, 5) is 15.4. The SMILES string of the molecule is CC(C)c1cnc(SCC(=O)O)n1C1CCCC(C)C1C. The lowest BCUT2D eigenvalue weighted by Gasteiger charge is -2.37. The summed E-state index contributed by atoms with van der Waals surface area (Å²) in [6.07, 6.45) is 5.64. The first kappa shape index (κ1) is 16.4. The second-order valence-corrected chi connectivity index (χ2v) is 7.45. The van der Waals surface area contributed by atoms with Gasteiger partial charge in [0.1, 0.15) is 0 Å². The van der Waals surface area contributed by atoms with Gasteiger partial charge in [-0.3, -0.25) is 4.79 Å². The maximum absolute atomic E-state index is 10.9. The Balaban J connectivity index is 2.33. The molecule has 5 heteroatoms. The average molecular weight is 310 g/mol. The number of aromatic nitrogens is 2. The van der Waals surface area contributed by atoms with Crippen LogP contribution in [0.15, 0.2) is 11.4 Å². The van der Waals surface area contributed by atoms with Gasteiger partial charge in [-0.15, -0.1) is 0 Å². The molecule has 0 aliphatic heterocycles. The molecule has 1 fully saturated rings. The third kappa shape index (κ3) is 3.62. The fourth-order valence-corrected chi connectivity index (χ4v) is 4.03. The van der Waals surface area contributed by atoms with Gasteiger partial charge >= 0.3 is 5.97 Å². The molecule has 1 N–H and O–H groups in total. The quantitative estimate of drug-likeness (QED) is 0.829. The zero-order chi connectivity index (χ0) is 15.6. The molecular weight excluding hydrogens is 284 g/mol. The smallest absolute Gasteiger partial charge is 0.313 e. The van der Waals surface area contributed by atoms with Gasteiger partial charge in [0.15, 0.2) is 5.16 Å². The summed E-state index contributed by atoms with van der Waals surface area (Å²) in [5.41, 5.74) is 1.23. The number of thioether (sulfide) groups is 1. The van der Waals surface area contributed by atoms with Gasteiger partial charge in [0, 0.05) is 17.9 Å². The monoisotopic (exact) mass is 310 g/mol. The van der Waals surface area contributed by atoms with Crippen molar-refractivity contribution in [1.82, 2.24) is 9.55 Å². The topological polar surface area (TPSA) is 55.1 Å². The first-order chi connectivity index (χ1) is 9.91. The highest BCUT2D eigenvalue weighted by Crippen LogP contribution is 2.41. The first-order valence-electron chi connectivity index (χ1n) is 7.83. The summed E-state index contributed by atoms with van der Waals surface area (Å²) in [5.74, 6) is 1.01. The van der Waals surface area contributed by atoms with E-state index in [2.05, 4.69) is 37.2 Å². The molecule has 0 amide bonds. The van der Waals surface area contributed by atoms with Crippen LogP contribution < -0.4 is 0 Å². The van der Waals surface area contributed by atoms with Crippen molar-refractivity contribution in [2.24, 2.45) is 11.8 Å². The van der Waals surface area contributed by atoms with E-state index in [1.54, 1.807) is 0 Å². The summed E-state index contributed by atoms with van der Waals surface area (Å²) in [7, 11) is 0. The molecule has 1 saturated carbocycles. The molecule has 0 radical (unpaired) electrons. The number of imidazole rings is 1. The maximum Gasteiger partial charge on any atom is 0.313 e. The molecule has 21 heavy (non-hydrogen) atoms. The maximum atomic E-state index is 10.9. The highest BCUT2D eigenvalue weighted by atomic mass is 32.2. The van der Waals surface area contributed by atoms with Gasteiger partial charge in [-0.2, -0.15) is 0 Å². The van der Waals surface area contributed by atoms with Gasteiger partial charge in [-0.05, 0) is 24.2 Å². The van der Waals surface area contributed by atoms with E-state index in [9.17, 15) is 4.79 Å². The Morgan fingerprint density at radius 3 is 2.81 bits per heavy atom. The summed E-state index contributed by atoms with van der Waals surface area (Å²) in [5, 5.41) is 9.80. The molecular formula is C16H26N2O2S. The summed E-state index contributed by atoms with van der Waals surface area (Å²) in [6.45, 7) is 9.00. The second-order valence-electron chi connectivity index (χ2n) is 6.51. The lowest BCUT2D eigenvalue weighted by molar-refractivity contribution is -0.133. The molecule has 0 spiro atoms. The minimum atomic E-state index is -0.786. The Hall–Kier alpha value is -0.970. The van der Waals surface area contributed by atoms with E-state index in [1.807, 2.05) is 6.20 Å². The molecule has 1 heterocycles. The van der Waals surface area contributed by atoms with Crippen molar-refractivity contribution >= 4 is 17.7 Å². The van der Waals surface area contributed by atoms with E-state index < -0.39 is 5.97 Å². The van der Waals surface area contributed by atoms with Crippen LogP contribution in [-0.2, 0) is 4.79 Å². The number of hydrogen-bond donors (Lipinski definition) is 1. The first-order valence-corrected chi connectivity index (χ1v) is 8.82. The van der Waals surface area contributed by atoms with E-state index >= 15 is 0 Å². The number of carboxylic acid groups (broad SMARTS) is 1. The number of hydrogen-bond acceptors (Lipinski definition) is 3. The third-order valence-corrected chi connectivity index (χ3v) is 5.65. The molecule has 3 unspecified atom stereocenters. The molecule has 1 aromatic rings. The van der Waals surface area contributed by atoms with Crippen LogP contribution in [0, 0.1) is 11.8 Å². The van der Waals surface area contributed by atoms with Gasteiger partial charge in [-0.1, -0.05) is 52.3 Å². The van der Waals surface area contributed by atoms with Crippen LogP contribution in [-0.4, -0.2) is 26.4 Å². The van der Waals surface area contributed by atoms with Crippen molar-refractivity contribution in [2.75, 3.05) is 5.75 Å². The summed E-state index contributed by atoms with van der Waals surface area (Å²) >= 11 is 1.34. The Kier molecular flexibility index (Phi) is 5.36. The van der Waals surface area contributed by atoms with Crippen molar-refractivity contribution in [3.8, 4) is 0 Å². The van der Waals surface area contributed by atoms with Crippen molar-refractivity contribution < 1.29 is 9.90 Å². The molecule has 2 rings (SSSR count). The van der Waals surface area contributed by atoms with Gasteiger partial charge in [0.25, 0.3) is 0 Å². The highest BCUT2D eigenvalue weighted by molar-refractivity contribution is 7.99. The van der Waals surface area contributed by atoms with Crippen molar-refractivity contribution in [3.05, 3.63) is 11.9 Å². The predicted molar refractivity (Wildman–Crippen MR) is 85.9 cm³/mol. The standard InChI is InChI=1S/C16H26N2O2S/c1-10(2)14-8-17-16(21-9-15(19)20)18(14)13-7-5-6-11(3)12(13)4/h8,10-13H,5-7,9H2,1-4H3,(H,19,20). The van der Waals surface area contributed by atoms with Gasteiger partial charge in [0.05, 0.1) is 5.75 Å². The fraction of sp³-hybridized carbons (Fsp3) is 0.750. The number of carbonyl (C=O) groups is 1. The van der Waals surface area contributed by atoms with Crippen molar-refractivity contribution in [1.29, 1.82) is 0 Å². The van der Waals surface area contributed by atoms with E-state index in [1.165, 1.54) is 36.7 Å². The summed E-state index contributed by atoms with van der Waals surface area (Å²) in [6, 6.07) is 0.449. The molecule has 0 saturated heterocycles. The van der Waals surface area contributed by atoms with Gasteiger partial charge < -0.3 is 9.67 Å². The van der Waals surface area contributed by atoms with Crippen LogP contribution in [0.5, 0.6) is 0 Å². The van der Waals surface area contributed by atoms with Crippen LogP contribution in [0.3, 0.4) is 0 Å². The molecule has 118 valence electrons. The minimum absolute atomic E-state index is 0.0746. The molecule has 1 aliphatic rings. The van der Waals surface area contributed by atoms with Crippen molar-refractivity contribution in [3.63, 3.8) is 0 Å². The normalized spacial score (nSPS) is 26.2. The fourth-order valence-electron chi connectivity index (χ4n) is 3.27. The van der Waals surface area contributed by atoms with E-state index in [0.717, 1.165) is 5.16 Å². The molecule has 0 bridgehead atoms. The molecule has 1 aliphatic carbocycles. The lowest BCUT2D eigenvalue weighted by atomic mass is 9.77. The Bertz CT molecular complexity index is 498. The summed E-state index contributed by atoms with van der Waals surface area (Å²) < 4.78 is 2.33. The van der Waals surface area contributed by atoms with Gasteiger partial charge in [-0.25, -0.2) is 4.98 Å². The molecule has 1 aromatic heterocycles. The van der Waals surface area contributed by atoms with Crippen LogP contribution in [0.25, 0.3) is 0 Å². The van der Waals surface area contributed by atoms with Crippen LogP contribution in [0.2, 0.25) is 0 Å². The molecule has 3 atom stereocenters. The lowest BCUT2D eigenvalue weighted by Crippen LogP contribution is -2.28. The van der Waals surface area contributed by atoms with Crippen LogP contribution >= 0.6 is 11.8 Å². The molecule has 0 aromatic carbocycles. The average Bonchev–Trinajstić information content (AvgIpc) is 2.83. The predicted octanol–water partition coefficient (Wildman–Crippen LogP) is 4.18. The highest BCUT2D eigenvalue weighted by Gasteiger charge is 2.31. The Morgan fingerprint density at radius 2 is 2.19 bits per heavy atom. The van der Waals surface area contributed by atoms with E-state index in [0.29, 0.717) is 23.8 Å². The number of nitrogens with zero attached hydrogens (tertiary/aromatic N) is 2. The largest absolute Gasteiger partial charge is 0.481 e. The van der Waals surface area contributed by atoms with E-state index in [-0.39, 0.29) is 5.75 Å². The van der Waals surface area contributed by atoms with E-state index in [4.69, 9.17) is 5.11 Å². The Morgan fingerprint density at radius 1 is 1.48 bits per heavy atom. The van der Waals surface area contributed by atoms with Crippen LogP contribution in [0.1, 0.15) is 64.6 Å². The van der Waals surface area contributed by atoms with Crippen LogP contribution in [0.4, 0.5) is 0 Å². The van der Waals surface area contributed by atoms with Gasteiger partial charge in [0.2, 0.25) is 0 Å². The Labute approximate surface area is 131 Å². The number of aliphatic carboxylic acids is 1. The molecule has 4 nitrogen and oxygen atoms in total. The zero-order valence-corrected chi connectivity index (χ0v) is 14.2. The zero-order valence-electron chi connectivity index (χ0n) is 13.4. The third-order valence-electron chi connectivity index (χ3n) is 4.70. The second kappa shape index (κ2) is 6.86. The van der Waals surface area contributed by atoms with Crippen molar-refractivity contribution in [2.45, 2.75) is 64.1 Å². The number of carboxylic acids is 1. The minimum Gasteiger partial charge on any atom is -0.481 e. The number of rotatable bonds is 5.